The van der Waals surface area contributed by atoms with Crippen molar-refractivity contribution in [3.63, 3.8) is 0 Å². The van der Waals surface area contributed by atoms with Crippen LogP contribution in [0.5, 0.6) is 0 Å². The summed E-state index contributed by atoms with van der Waals surface area (Å²) in [5.41, 5.74) is 1.10. The number of carbonyl (C=O) groups is 1. The minimum absolute atomic E-state index is 0.00519. The molecule has 1 aromatic heterocycles. The van der Waals surface area contributed by atoms with Gasteiger partial charge in [-0.1, -0.05) is 50.2 Å². The number of Topliss-reactive ketones (excluding diaryl/α,β-unsaturated/α-hetero) is 1. The van der Waals surface area contributed by atoms with Crippen LogP contribution in [0.1, 0.15) is 75.9 Å². The van der Waals surface area contributed by atoms with Gasteiger partial charge in [-0.05, 0) is 25.2 Å². The summed E-state index contributed by atoms with van der Waals surface area (Å²) in [6, 6.07) is 0.0872. The number of hydrogen-bond donors (Lipinski definition) is 0. The van der Waals surface area contributed by atoms with E-state index in [0.717, 1.165) is 30.9 Å². The fraction of sp³-hybridized carbons (Fsp3) is 0.864. The molecule has 0 bridgehead atoms. The molecular formula is C22H33N3O3. The van der Waals surface area contributed by atoms with Crippen LogP contribution < -0.4 is 0 Å². The summed E-state index contributed by atoms with van der Waals surface area (Å²) in [6.07, 6.45) is 15.1. The molecule has 1 aromatic rings. The van der Waals surface area contributed by atoms with Gasteiger partial charge in [0.15, 0.2) is 0 Å². The Hall–Kier alpha value is -1.27. The zero-order valence-electron chi connectivity index (χ0n) is 16.8. The molecule has 6 heteroatoms. The second kappa shape index (κ2) is 8.23. The highest BCUT2D eigenvalue weighted by Gasteiger charge is 2.49. The van der Waals surface area contributed by atoms with Crippen molar-refractivity contribution < 1.29 is 14.3 Å². The normalized spacial score (nSPS) is 34.1. The average molecular weight is 388 g/mol. The monoisotopic (exact) mass is 387 g/mol. The predicted octanol–water partition coefficient (Wildman–Crippen LogP) is 3.51. The van der Waals surface area contributed by atoms with Gasteiger partial charge in [0.1, 0.15) is 17.9 Å². The van der Waals surface area contributed by atoms with E-state index < -0.39 is 0 Å². The Labute approximate surface area is 167 Å². The fourth-order valence-electron chi connectivity index (χ4n) is 5.89. The van der Waals surface area contributed by atoms with Gasteiger partial charge in [0.05, 0.1) is 25.0 Å². The van der Waals surface area contributed by atoms with Crippen LogP contribution in [0, 0.1) is 17.8 Å². The van der Waals surface area contributed by atoms with Crippen LogP contribution in [-0.4, -0.2) is 46.2 Å². The molecule has 4 fully saturated rings. The van der Waals surface area contributed by atoms with Crippen molar-refractivity contribution in [3.8, 4) is 0 Å². The highest BCUT2D eigenvalue weighted by Crippen LogP contribution is 2.39. The maximum absolute atomic E-state index is 12.6. The first-order chi connectivity index (χ1) is 13.8. The Bertz CT molecular complexity index is 678. The summed E-state index contributed by atoms with van der Waals surface area (Å²) in [6.45, 7) is 1.24. The van der Waals surface area contributed by atoms with Crippen molar-refractivity contribution in [1.29, 1.82) is 0 Å². The van der Waals surface area contributed by atoms with Gasteiger partial charge >= 0.3 is 0 Å². The van der Waals surface area contributed by atoms with E-state index in [9.17, 15) is 4.79 Å². The lowest BCUT2D eigenvalue weighted by Gasteiger charge is -2.20. The maximum Gasteiger partial charge on any atom is 0.136 e. The zero-order chi connectivity index (χ0) is 18.9. The Balaban J connectivity index is 1.18. The molecule has 4 aliphatic rings. The molecule has 5 rings (SSSR count). The van der Waals surface area contributed by atoms with Crippen LogP contribution in [0.15, 0.2) is 6.20 Å². The molecule has 2 saturated heterocycles. The topological polar surface area (TPSA) is 66.2 Å². The largest absolute Gasteiger partial charge is 0.373 e. The molecule has 0 aromatic carbocycles. The summed E-state index contributed by atoms with van der Waals surface area (Å²) in [7, 11) is 0. The average Bonchev–Trinajstić information content (AvgIpc) is 3.49. The number of nitrogens with zero attached hydrogens (tertiary/aromatic N) is 3. The van der Waals surface area contributed by atoms with E-state index in [2.05, 4.69) is 16.5 Å². The number of rotatable bonds is 6. The van der Waals surface area contributed by atoms with Gasteiger partial charge in [0, 0.05) is 24.5 Å². The molecule has 3 heterocycles. The van der Waals surface area contributed by atoms with Crippen molar-refractivity contribution in [2.24, 2.45) is 17.8 Å². The van der Waals surface area contributed by atoms with E-state index in [1.54, 1.807) is 0 Å². The summed E-state index contributed by atoms with van der Waals surface area (Å²) >= 11 is 0. The minimum Gasteiger partial charge on any atom is -0.373 e. The maximum atomic E-state index is 12.6. The highest BCUT2D eigenvalue weighted by molar-refractivity contribution is 5.81. The lowest BCUT2D eigenvalue weighted by atomic mass is 9.86. The fourth-order valence-corrected chi connectivity index (χ4v) is 5.89. The van der Waals surface area contributed by atoms with Gasteiger partial charge in [-0.2, -0.15) is 0 Å². The Morgan fingerprint density at radius 2 is 1.75 bits per heavy atom. The standard InChI is InChI=1S/C22H33N3O3/c26-20(16-8-4-5-9-16)11-17-13-27-22-19(14-28-21(17)22)25-12-18(23-24-25)10-15-6-2-1-3-7-15/h12,15-17,19,21-22H,1-11,13-14H2/t17-,19-,21+,22+/m0/s1. The smallest absolute Gasteiger partial charge is 0.136 e. The van der Waals surface area contributed by atoms with Crippen molar-refractivity contribution in [2.75, 3.05) is 13.2 Å². The number of hydrogen-bond acceptors (Lipinski definition) is 5. The third-order valence-corrected chi connectivity index (χ3v) is 7.52. The Morgan fingerprint density at radius 3 is 2.57 bits per heavy atom. The van der Waals surface area contributed by atoms with E-state index in [4.69, 9.17) is 9.47 Å². The van der Waals surface area contributed by atoms with Crippen LogP contribution in [-0.2, 0) is 20.7 Å². The second-order valence-corrected chi connectivity index (χ2v) is 9.47. The summed E-state index contributed by atoms with van der Waals surface area (Å²) in [4.78, 5) is 12.6. The first-order valence-corrected chi connectivity index (χ1v) is 11.4. The van der Waals surface area contributed by atoms with Crippen LogP contribution in [0.3, 0.4) is 0 Å². The molecule has 0 radical (unpaired) electrons. The molecule has 6 nitrogen and oxygen atoms in total. The van der Waals surface area contributed by atoms with Crippen molar-refractivity contribution in [2.45, 2.75) is 88.9 Å². The molecular weight excluding hydrogens is 354 g/mol. The van der Waals surface area contributed by atoms with Crippen LogP contribution in [0.2, 0.25) is 0 Å². The Morgan fingerprint density at radius 1 is 1.00 bits per heavy atom. The quantitative estimate of drug-likeness (QED) is 0.747. The molecule has 4 atom stereocenters. The van der Waals surface area contributed by atoms with Gasteiger partial charge < -0.3 is 9.47 Å². The first-order valence-electron chi connectivity index (χ1n) is 11.4. The number of fused-ring (bicyclic) bond motifs is 1. The van der Waals surface area contributed by atoms with E-state index >= 15 is 0 Å². The zero-order valence-corrected chi connectivity index (χ0v) is 16.8. The predicted molar refractivity (Wildman–Crippen MR) is 104 cm³/mol. The van der Waals surface area contributed by atoms with Gasteiger partial charge in [0.2, 0.25) is 0 Å². The second-order valence-electron chi connectivity index (χ2n) is 9.47. The number of carbonyl (C=O) groups excluding carboxylic acids is 1. The highest BCUT2D eigenvalue weighted by atomic mass is 16.6. The van der Waals surface area contributed by atoms with Crippen molar-refractivity contribution >= 4 is 5.78 Å². The molecule has 154 valence electrons. The van der Waals surface area contributed by atoms with E-state index in [-0.39, 0.29) is 30.1 Å². The SMILES string of the molecule is O=C(C[C@H]1CO[C@H]2[C@@H]1OC[C@@H]2n1cc(CC2CCCCC2)nn1)C1CCCC1. The lowest BCUT2D eigenvalue weighted by molar-refractivity contribution is -0.124. The van der Waals surface area contributed by atoms with Crippen LogP contribution in [0.25, 0.3) is 0 Å². The lowest BCUT2D eigenvalue weighted by Crippen LogP contribution is -2.29. The molecule has 0 N–H and O–H groups in total. The van der Waals surface area contributed by atoms with Gasteiger partial charge in [-0.25, -0.2) is 4.68 Å². The van der Waals surface area contributed by atoms with Crippen LogP contribution in [0.4, 0.5) is 0 Å². The third kappa shape index (κ3) is 3.78. The van der Waals surface area contributed by atoms with E-state index in [0.29, 0.717) is 25.4 Å². The molecule has 2 aliphatic carbocycles. The summed E-state index contributed by atoms with van der Waals surface area (Å²) < 4.78 is 14.2. The van der Waals surface area contributed by atoms with Crippen LogP contribution >= 0.6 is 0 Å². The summed E-state index contributed by atoms with van der Waals surface area (Å²) in [5.74, 6) is 1.68. The molecule has 0 amide bonds. The summed E-state index contributed by atoms with van der Waals surface area (Å²) in [5, 5.41) is 8.85. The van der Waals surface area contributed by atoms with E-state index in [1.807, 2.05) is 4.68 Å². The van der Waals surface area contributed by atoms with Crippen molar-refractivity contribution in [3.05, 3.63) is 11.9 Å². The number of ketones is 1. The van der Waals surface area contributed by atoms with Gasteiger partial charge in [0.25, 0.3) is 0 Å². The van der Waals surface area contributed by atoms with Gasteiger partial charge in [-0.3, -0.25) is 4.79 Å². The Kier molecular flexibility index (Phi) is 5.51. The molecule has 28 heavy (non-hydrogen) atoms. The number of ether oxygens (including phenoxy) is 2. The third-order valence-electron chi connectivity index (χ3n) is 7.52. The minimum atomic E-state index is 0.00519. The molecule has 0 spiro atoms. The first kappa shape index (κ1) is 18.7. The molecule has 2 aliphatic heterocycles. The van der Waals surface area contributed by atoms with Gasteiger partial charge in [-0.15, -0.1) is 5.10 Å². The number of aromatic nitrogens is 3. The van der Waals surface area contributed by atoms with Crippen molar-refractivity contribution in [1.82, 2.24) is 15.0 Å². The molecule has 2 saturated carbocycles. The molecule has 0 unspecified atom stereocenters. The van der Waals surface area contributed by atoms with E-state index in [1.165, 1.54) is 44.9 Å².